The van der Waals surface area contributed by atoms with Gasteiger partial charge in [-0.25, -0.2) is 0 Å². The number of ketones is 1. The molecule has 0 bridgehead atoms. The Kier molecular flexibility index (Phi) is 4.82. The van der Waals surface area contributed by atoms with Crippen molar-refractivity contribution in [3.8, 4) is 0 Å². The minimum absolute atomic E-state index is 0.0603. The number of aryl methyl sites for hydroxylation is 2. The average molecular weight is 370 g/mol. The number of carbonyl (C=O) groups excluding carboxylic acids is 1. The number of hydrogen-bond acceptors (Lipinski definition) is 4. The lowest BCUT2D eigenvalue weighted by Gasteiger charge is -2.42. The zero-order valence-corrected chi connectivity index (χ0v) is 16.0. The second-order valence-electron chi connectivity index (χ2n) is 7.40. The van der Waals surface area contributed by atoms with E-state index >= 15 is 0 Å². The maximum atomic E-state index is 12.1. The summed E-state index contributed by atoms with van der Waals surface area (Å²) in [7, 11) is 2.04. The highest BCUT2D eigenvalue weighted by molar-refractivity contribution is 6.30. The molecule has 0 unspecified atom stereocenters. The summed E-state index contributed by atoms with van der Waals surface area (Å²) < 4.78 is 0. The molecule has 0 amide bonds. The van der Waals surface area contributed by atoms with Gasteiger partial charge in [-0.15, -0.1) is 0 Å². The molecule has 2 heterocycles. The second-order valence-corrected chi connectivity index (χ2v) is 7.84. The number of fused-ring (bicyclic) bond motifs is 2. The molecule has 4 nitrogen and oxygen atoms in total. The van der Waals surface area contributed by atoms with Crippen LogP contribution in [0, 0.1) is 0 Å². The Labute approximate surface area is 159 Å². The predicted octanol–water partition coefficient (Wildman–Crippen LogP) is 3.13. The Hall–Kier alpha value is -1.75. The fourth-order valence-electron chi connectivity index (χ4n) is 4.32. The second kappa shape index (κ2) is 7.10. The van der Waals surface area contributed by atoms with Gasteiger partial charge in [-0.1, -0.05) is 35.9 Å². The summed E-state index contributed by atoms with van der Waals surface area (Å²) in [5, 5.41) is 0.688. The third-order valence-corrected chi connectivity index (χ3v) is 5.96. The van der Waals surface area contributed by atoms with Gasteiger partial charge in [0.05, 0.1) is 22.8 Å². The van der Waals surface area contributed by atoms with Crippen LogP contribution in [-0.2, 0) is 17.6 Å². The fourth-order valence-corrected chi connectivity index (χ4v) is 4.50. The van der Waals surface area contributed by atoms with E-state index in [1.165, 1.54) is 16.7 Å². The molecule has 0 spiro atoms. The molecule has 1 aromatic heterocycles. The number of Topliss-reactive ketones (excluding diaryl/α,β-unsaturated/α-hetero) is 1. The largest absolute Gasteiger partial charge is 0.298 e. The number of aromatic nitrogens is 1. The molecule has 1 aliphatic carbocycles. The van der Waals surface area contributed by atoms with Gasteiger partial charge in [0.1, 0.15) is 5.78 Å². The van der Waals surface area contributed by atoms with E-state index in [-0.39, 0.29) is 17.9 Å². The molecule has 5 heteroatoms. The zero-order chi connectivity index (χ0) is 18.3. The average Bonchev–Trinajstić information content (AvgIpc) is 2.79. The van der Waals surface area contributed by atoms with Crippen molar-refractivity contribution >= 4 is 17.4 Å². The van der Waals surface area contributed by atoms with Crippen molar-refractivity contribution in [1.82, 2.24) is 14.8 Å². The van der Waals surface area contributed by atoms with Crippen LogP contribution in [-0.4, -0.2) is 53.3 Å². The molecule has 2 aliphatic rings. The van der Waals surface area contributed by atoms with Crippen LogP contribution in [0.15, 0.2) is 36.5 Å². The summed E-state index contributed by atoms with van der Waals surface area (Å²) in [6, 6.07) is 10.7. The molecule has 1 saturated heterocycles. The quantitative estimate of drug-likeness (QED) is 0.815. The molecule has 0 N–H and O–H groups in total. The monoisotopic (exact) mass is 369 g/mol. The minimum Gasteiger partial charge on any atom is -0.298 e. The first-order chi connectivity index (χ1) is 12.5. The van der Waals surface area contributed by atoms with Crippen molar-refractivity contribution in [2.45, 2.75) is 31.8 Å². The van der Waals surface area contributed by atoms with Crippen LogP contribution in [0.25, 0.3) is 0 Å². The Bertz CT molecular complexity index is 838. The highest BCUT2D eigenvalue weighted by atomic mass is 35.5. The minimum atomic E-state index is -0.0603. The van der Waals surface area contributed by atoms with Gasteiger partial charge in [-0.05, 0) is 49.6 Å². The van der Waals surface area contributed by atoms with Crippen LogP contribution in [0.2, 0.25) is 5.02 Å². The summed E-state index contributed by atoms with van der Waals surface area (Å²) in [6.07, 6.45) is 3.69. The van der Waals surface area contributed by atoms with Crippen molar-refractivity contribution < 1.29 is 4.79 Å². The first kappa shape index (κ1) is 17.7. The summed E-state index contributed by atoms with van der Waals surface area (Å²) >= 11 is 6.23. The van der Waals surface area contributed by atoms with Crippen molar-refractivity contribution in [1.29, 1.82) is 0 Å². The van der Waals surface area contributed by atoms with E-state index in [0.29, 0.717) is 5.02 Å². The summed E-state index contributed by atoms with van der Waals surface area (Å²) in [4.78, 5) is 21.5. The lowest BCUT2D eigenvalue weighted by Crippen LogP contribution is -2.55. The summed E-state index contributed by atoms with van der Waals surface area (Å²) in [6.45, 7) is 4.22. The lowest BCUT2D eigenvalue weighted by atomic mass is 9.95. The number of likely N-dealkylation sites (N-methyl/N-ethyl adjacent to an activating group) is 1. The maximum Gasteiger partial charge on any atom is 0.148 e. The van der Waals surface area contributed by atoms with E-state index in [2.05, 4.69) is 40.1 Å². The first-order valence-electron chi connectivity index (χ1n) is 9.21. The van der Waals surface area contributed by atoms with E-state index in [1.807, 2.05) is 7.05 Å². The van der Waals surface area contributed by atoms with Crippen LogP contribution < -0.4 is 0 Å². The van der Waals surface area contributed by atoms with Gasteiger partial charge >= 0.3 is 0 Å². The Morgan fingerprint density at radius 1 is 1.19 bits per heavy atom. The normalized spacial score (nSPS) is 23.8. The molecule has 2 aromatic rings. The summed E-state index contributed by atoms with van der Waals surface area (Å²) in [5.74, 6) is 0.225. The SMILES string of the molecule is CC(=O)[C@H]1CN([C@@H]2c3ccccc3CCc3cc(Cl)cnc32)CCN1C. The number of piperazine rings is 1. The number of pyridine rings is 1. The van der Waals surface area contributed by atoms with Gasteiger partial charge in [-0.3, -0.25) is 19.6 Å². The third-order valence-electron chi connectivity index (χ3n) is 5.75. The standard InChI is InChI=1S/C21H24ClN3O/c1-14(26)19-13-25(10-9-24(19)2)21-18-6-4-3-5-15(18)7-8-16-11-17(22)12-23-20(16)21/h3-6,11-12,19,21H,7-10,13H2,1-2H3/t19-,21-/m1/s1. The van der Waals surface area contributed by atoms with E-state index in [9.17, 15) is 4.79 Å². The molecule has 26 heavy (non-hydrogen) atoms. The van der Waals surface area contributed by atoms with Gasteiger partial charge in [-0.2, -0.15) is 0 Å². The number of nitrogens with zero attached hydrogens (tertiary/aromatic N) is 3. The van der Waals surface area contributed by atoms with E-state index < -0.39 is 0 Å². The van der Waals surface area contributed by atoms with Crippen LogP contribution >= 0.6 is 11.6 Å². The number of hydrogen-bond donors (Lipinski definition) is 0. The third kappa shape index (κ3) is 3.18. The molecule has 0 saturated carbocycles. The van der Waals surface area contributed by atoms with Gasteiger partial charge in [0.25, 0.3) is 0 Å². The highest BCUT2D eigenvalue weighted by Crippen LogP contribution is 2.37. The van der Waals surface area contributed by atoms with Crippen molar-refractivity contribution in [3.63, 3.8) is 0 Å². The number of rotatable bonds is 2. The number of carbonyl (C=O) groups is 1. The van der Waals surface area contributed by atoms with E-state index in [0.717, 1.165) is 38.2 Å². The summed E-state index contributed by atoms with van der Waals surface area (Å²) in [5.41, 5.74) is 4.99. The van der Waals surface area contributed by atoms with Crippen molar-refractivity contribution in [2.75, 3.05) is 26.7 Å². The van der Waals surface area contributed by atoms with Crippen molar-refractivity contribution in [2.24, 2.45) is 0 Å². The lowest BCUT2D eigenvalue weighted by molar-refractivity contribution is -0.124. The topological polar surface area (TPSA) is 36.4 Å². The molecule has 1 fully saturated rings. The Morgan fingerprint density at radius 3 is 2.77 bits per heavy atom. The zero-order valence-electron chi connectivity index (χ0n) is 15.3. The van der Waals surface area contributed by atoms with E-state index in [4.69, 9.17) is 16.6 Å². The molecule has 0 radical (unpaired) electrons. The van der Waals surface area contributed by atoms with Crippen LogP contribution in [0.1, 0.15) is 35.3 Å². The molecule has 4 rings (SSSR count). The first-order valence-corrected chi connectivity index (χ1v) is 9.59. The van der Waals surface area contributed by atoms with Gasteiger partial charge in [0.15, 0.2) is 0 Å². The van der Waals surface area contributed by atoms with Crippen LogP contribution in [0.3, 0.4) is 0 Å². The smallest absolute Gasteiger partial charge is 0.148 e. The molecular formula is C21H24ClN3O. The van der Waals surface area contributed by atoms with Crippen molar-refractivity contribution in [3.05, 3.63) is 63.9 Å². The van der Waals surface area contributed by atoms with Gasteiger partial charge in [0, 0.05) is 25.8 Å². The van der Waals surface area contributed by atoms with Crippen LogP contribution in [0.4, 0.5) is 0 Å². The fraction of sp³-hybridized carbons (Fsp3) is 0.429. The van der Waals surface area contributed by atoms with Gasteiger partial charge in [0.2, 0.25) is 0 Å². The predicted molar refractivity (Wildman–Crippen MR) is 104 cm³/mol. The highest BCUT2D eigenvalue weighted by Gasteiger charge is 2.36. The maximum absolute atomic E-state index is 12.1. The molecule has 1 aromatic carbocycles. The van der Waals surface area contributed by atoms with E-state index in [1.54, 1.807) is 13.1 Å². The molecule has 2 atom stereocenters. The molecule has 1 aliphatic heterocycles. The van der Waals surface area contributed by atoms with Gasteiger partial charge < -0.3 is 0 Å². The Balaban J connectivity index is 1.80. The number of halogens is 1. The number of benzene rings is 1. The molecular weight excluding hydrogens is 346 g/mol. The molecule has 136 valence electrons. The Morgan fingerprint density at radius 2 is 1.96 bits per heavy atom. The van der Waals surface area contributed by atoms with Crippen LogP contribution in [0.5, 0.6) is 0 Å².